The molecule has 0 saturated carbocycles. The van der Waals surface area contributed by atoms with Crippen molar-refractivity contribution in [2.75, 3.05) is 19.8 Å². The summed E-state index contributed by atoms with van der Waals surface area (Å²) < 4.78 is 22.7. The Labute approximate surface area is 484 Å². The molecule has 1 amide bonds. The SMILES string of the molecule is C/C=C/CC/C=C/CC/C=C/C(O)C(COC1OC(CO)C(OC2OC(CO)C(O)C(O)C2O)C(O)C1O)NC(=O)CCCCCCCCCCCCCCCCCCCCCCCCCC/C=C\C/C=C\C/C=C\C/C=C\CC. The molecule has 0 spiro atoms. The van der Waals surface area contributed by atoms with Crippen molar-refractivity contribution < 1.29 is 64.6 Å². The number of aliphatic hydroxyl groups is 8. The number of carbonyl (C=O) groups is 1. The van der Waals surface area contributed by atoms with Gasteiger partial charge < -0.3 is 65.1 Å². The standard InChI is InChI=1S/C66H115NO13/c1-3-5-7-9-11-13-14-15-16-17-18-19-20-21-22-23-24-25-26-27-28-29-30-31-32-33-34-35-36-37-38-39-40-42-44-46-48-50-58(71)67-54(55(70)49-47-45-43-41-12-10-8-6-4-2)53-77-65-63(76)61(74)64(57(52-69)79-65)80-66-62(75)60(73)59(72)56(51-68)78-66/h4-7,11-13,15-16,18-19,41,47,49,54-57,59-66,68-70,72-76H,3,8-10,14,17,20-40,42-46,48,50-53H2,1-2H3,(H,67,71)/b6-4+,7-5-,13-11-,16-15-,19-18-,41-12+,49-47+. The van der Waals surface area contributed by atoms with Crippen molar-refractivity contribution in [2.24, 2.45) is 0 Å². The van der Waals surface area contributed by atoms with Gasteiger partial charge in [0, 0.05) is 6.42 Å². The Balaban J connectivity index is 1.54. The Kier molecular flexibility index (Phi) is 46.4. The average molecular weight is 1130 g/mol. The molecule has 14 nitrogen and oxygen atoms in total. The number of allylic oxidation sites excluding steroid dienone is 13. The molecule has 0 aromatic heterocycles. The van der Waals surface area contributed by atoms with Crippen LogP contribution >= 0.6 is 0 Å². The molecular formula is C66H115NO13. The summed E-state index contributed by atoms with van der Waals surface area (Å²) in [6.07, 6.45) is 52.8. The molecule has 0 radical (unpaired) electrons. The highest BCUT2D eigenvalue weighted by Crippen LogP contribution is 2.30. The largest absolute Gasteiger partial charge is 0.394 e. The molecular weight excluding hydrogens is 1010 g/mol. The average Bonchev–Trinajstić information content (AvgIpc) is 3.49. The maximum absolute atomic E-state index is 13.2. The lowest BCUT2D eigenvalue weighted by atomic mass is 9.97. The van der Waals surface area contributed by atoms with Crippen molar-refractivity contribution in [3.63, 3.8) is 0 Å². The number of nitrogens with one attached hydrogen (secondary N) is 1. The van der Waals surface area contributed by atoms with Gasteiger partial charge >= 0.3 is 0 Å². The summed E-state index contributed by atoms with van der Waals surface area (Å²) >= 11 is 0. The second-order valence-corrected chi connectivity index (χ2v) is 22.2. The summed E-state index contributed by atoms with van der Waals surface area (Å²) in [4.78, 5) is 13.2. The lowest BCUT2D eigenvalue weighted by Crippen LogP contribution is -2.65. The molecule has 2 fully saturated rings. The van der Waals surface area contributed by atoms with Crippen LogP contribution in [0.2, 0.25) is 0 Å². The first-order valence-electron chi connectivity index (χ1n) is 31.8. The zero-order valence-corrected chi connectivity index (χ0v) is 49.8. The third-order valence-electron chi connectivity index (χ3n) is 15.1. The molecule has 2 aliphatic rings. The number of carbonyl (C=O) groups excluding carboxylic acids is 1. The maximum atomic E-state index is 13.2. The highest BCUT2D eigenvalue weighted by Gasteiger charge is 2.51. The normalized spacial score (nSPS) is 24.8. The van der Waals surface area contributed by atoms with Crippen molar-refractivity contribution in [1.29, 1.82) is 0 Å². The van der Waals surface area contributed by atoms with E-state index in [9.17, 15) is 45.6 Å². The van der Waals surface area contributed by atoms with Crippen LogP contribution < -0.4 is 5.32 Å². The van der Waals surface area contributed by atoms with Gasteiger partial charge in [0.05, 0.1) is 32.0 Å². The molecule has 80 heavy (non-hydrogen) atoms. The number of unbranched alkanes of at least 4 members (excludes halogenated alkanes) is 26. The molecule has 0 aromatic carbocycles. The molecule has 2 rings (SSSR count). The minimum Gasteiger partial charge on any atom is -0.394 e. The van der Waals surface area contributed by atoms with E-state index in [2.05, 4.69) is 79.1 Å². The lowest BCUT2D eigenvalue weighted by molar-refractivity contribution is -0.359. The van der Waals surface area contributed by atoms with Gasteiger partial charge in [0.25, 0.3) is 0 Å². The first-order valence-corrected chi connectivity index (χ1v) is 31.8. The van der Waals surface area contributed by atoms with E-state index in [0.29, 0.717) is 12.8 Å². The van der Waals surface area contributed by atoms with E-state index in [1.807, 2.05) is 19.1 Å². The minimum atomic E-state index is -1.79. The van der Waals surface area contributed by atoms with E-state index in [1.54, 1.807) is 6.08 Å². The van der Waals surface area contributed by atoms with Crippen molar-refractivity contribution in [3.05, 3.63) is 85.1 Å². The third-order valence-corrected chi connectivity index (χ3v) is 15.1. The molecule has 2 aliphatic heterocycles. The topological polar surface area (TPSA) is 228 Å². The molecule has 0 bridgehead atoms. The van der Waals surface area contributed by atoms with Crippen LogP contribution in [0.25, 0.3) is 0 Å². The van der Waals surface area contributed by atoms with Gasteiger partial charge in [0.1, 0.15) is 48.8 Å². The zero-order chi connectivity index (χ0) is 58.1. The van der Waals surface area contributed by atoms with Gasteiger partial charge in [-0.3, -0.25) is 4.79 Å². The van der Waals surface area contributed by atoms with Crippen LogP contribution in [0.1, 0.15) is 232 Å². The Morgan fingerprint density at radius 1 is 0.475 bits per heavy atom. The van der Waals surface area contributed by atoms with Crippen LogP contribution in [0.3, 0.4) is 0 Å². The highest BCUT2D eigenvalue weighted by molar-refractivity contribution is 5.76. The van der Waals surface area contributed by atoms with E-state index in [1.165, 1.54) is 135 Å². The van der Waals surface area contributed by atoms with E-state index >= 15 is 0 Å². The number of ether oxygens (including phenoxy) is 4. The van der Waals surface area contributed by atoms with Crippen LogP contribution in [0.15, 0.2) is 85.1 Å². The van der Waals surface area contributed by atoms with Crippen molar-refractivity contribution >= 4 is 5.91 Å². The molecule has 462 valence electrons. The Hall–Kier alpha value is -2.83. The predicted octanol–water partition coefficient (Wildman–Crippen LogP) is 11.7. The zero-order valence-electron chi connectivity index (χ0n) is 49.8. The third kappa shape index (κ3) is 35.3. The van der Waals surface area contributed by atoms with E-state index in [-0.39, 0.29) is 18.9 Å². The smallest absolute Gasteiger partial charge is 0.220 e. The summed E-state index contributed by atoms with van der Waals surface area (Å²) in [5.41, 5.74) is 0. The molecule has 14 heteroatoms. The Bertz CT molecular complexity index is 1660. The van der Waals surface area contributed by atoms with Gasteiger partial charge in [-0.05, 0) is 77.6 Å². The monoisotopic (exact) mass is 1130 g/mol. The number of hydrogen-bond donors (Lipinski definition) is 9. The van der Waals surface area contributed by atoms with E-state index in [4.69, 9.17) is 18.9 Å². The van der Waals surface area contributed by atoms with Crippen molar-refractivity contribution in [3.8, 4) is 0 Å². The number of aliphatic hydroxyl groups excluding tert-OH is 8. The fraction of sp³-hybridized carbons (Fsp3) is 0.773. The van der Waals surface area contributed by atoms with E-state index < -0.39 is 86.8 Å². The van der Waals surface area contributed by atoms with Gasteiger partial charge in [-0.15, -0.1) is 0 Å². The van der Waals surface area contributed by atoms with Gasteiger partial charge in [-0.2, -0.15) is 0 Å². The summed E-state index contributed by atoms with van der Waals surface area (Å²) in [7, 11) is 0. The first-order chi connectivity index (χ1) is 39.1. The molecule has 9 N–H and O–H groups in total. The summed E-state index contributed by atoms with van der Waals surface area (Å²) in [6.45, 7) is 2.41. The Morgan fingerprint density at radius 3 is 1.38 bits per heavy atom. The van der Waals surface area contributed by atoms with Crippen LogP contribution in [-0.2, 0) is 23.7 Å². The Morgan fingerprint density at radius 2 is 0.887 bits per heavy atom. The highest BCUT2D eigenvalue weighted by atomic mass is 16.7. The summed E-state index contributed by atoms with van der Waals surface area (Å²) in [5.74, 6) is -0.256. The quantitative estimate of drug-likeness (QED) is 0.0204. The van der Waals surface area contributed by atoms with Gasteiger partial charge in [0.15, 0.2) is 12.6 Å². The number of rotatable bonds is 50. The fourth-order valence-corrected chi connectivity index (χ4v) is 10.1. The van der Waals surface area contributed by atoms with Crippen LogP contribution in [0.4, 0.5) is 0 Å². The summed E-state index contributed by atoms with van der Waals surface area (Å²) in [5, 5.41) is 86.8. The van der Waals surface area contributed by atoms with Gasteiger partial charge in [-0.1, -0.05) is 233 Å². The first kappa shape index (κ1) is 73.3. The van der Waals surface area contributed by atoms with Crippen molar-refractivity contribution in [1.82, 2.24) is 5.32 Å². The predicted molar refractivity (Wildman–Crippen MR) is 323 cm³/mol. The summed E-state index contributed by atoms with van der Waals surface area (Å²) in [6, 6.07) is -0.937. The van der Waals surface area contributed by atoms with Crippen LogP contribution in [-0.4, -0.2) is 140 Å². The van der Waals surface area contributed by atoms with Gasteiger partial charge in [-0.25, -0.2) is 0 Å². The molecule has 0 aliphatic carbocycles. The molecule has 2 heterocycles. The van der Waals surface area contributed by atoms with Crippen LogP contribution in [0, 0.1) is 0 Å². The number of amides is 1. The molecule has 12 unspecified atom stereocenters. The van der Waals surface area contributed by atoms with Gasteiger partial charge in [0.2, 0.25) is 5.91 Å². The molecule has 12 atom stereocenters. The van der Waals surface area contributed by atoms with Crippen molar-refractivity contribution in [2.45, 2.75) is 306 Å². The molecule has 0 aromatic rings. The second-order valence-electron chi connectivity index (χ2n) is 22.2. The fourth-order valence-electron chi connectivity index (χ4n) is 10.1. The van der Waals surface area contributed by atoms with Crippen LogP contribution in [0.5, 0.6) is 0 Å². The van der Waals surface area contributed by atoms with E-state index in [0.717, 1.165) is 64.2 Å². The second kappa shape index (κ2) is 50.7. The number of hydrogen-bond acceptors (Lipinski definition) is 13. The lowest BCUT2D eigenvalue weighted by Gasteiger charge is -2.46. The maximum Gasteiger partial charge on any atom is 0.220 e. The minimum absolute atomic E-state index is 0.256. The molecule has 2 saturated heterocycles.